The van der Waals surface area contributed by atoms with Crippen molar-refractivity contribution in [1.29, 1.82) is 0 Å². The molecule has 2 rings (SSSR count). The minimum Gasteiger partial charge on any atom is -0.423 e. The van der Waals surface area contributed by atoms with Gasteiger partial charge in [-0.15, -0.1) is 0 Å². The minimum absolute atomic E-state index is 0.243. The van der Waals surface area contributed by atoms with Crippen LogP contribution in [0.2, 0.25) is 5.02 Å². The third-order valence-corrected chi connectivity index (χ3v) is 2.98. The number of unbranched alkanes of at least 4 members (excludes halogenated alkanes) is 1. The van der Waals surface area contributed by atoms with Crippen molar-refractivity contribution >= 4 is 17.6 Å². The normalized spacial score (nSPS) is 16.9. The van der Waals surface area contributed by atoms with E-state index in [0.29, 0.717) is 22.8 Å². The quantitative estimate of drug-likeness (QED) is 0.765. The van der Waals surface area contributed by atoms with Crippen LogP contribution in [-0.2, 0) is 16.0 Å². The van der Waals surface area contributed by atoms with Crippen LogP contribution < -0.4 is 0 Å². The molecule has 1 aliphatic heterocycles. The number of allylic oxidation sites excluding steroid dienone is 2. The molecule has 1 aromatic carbocycles. The predicted molar refractivity (Wildman–Crippen MR) is 72.3 cm³/mol. The SMILES string of the molecule is CCC/C=C1\C=C(Cc2ccc(Cl)cc2)C(=O)O1. The second kappa shape index (κ2) is 5.87. The van der Waals surface area contributed by atoms with Crippen molar-refractivity contribution in [2.45, 2.75) is 26.2 Å². The number of carbonyl (C=O) groups is 1. The minimum atomic E-state index is -0.243. The van der Waals surface area contributed by atoms with Crippen LogP contribution in [0.1, 0.15) is 25.3 Å². The average molecular weight is 263 g/mol. The summed E-state index contributed by atoms with van der Waals surface area (Å²) in [7, 11) is 0. The Balaban J connectivity index is 2.09. The molecular weight excluding hydrogens is 248 g/mol. The number of halogens is 1. The zero-order chi connectivity index (χ0) is 13.0. The average Bonchev–Trinajstić information content (AvgIpc) is 2.70. The van der Waals surface area contributed by atoms with Crippen molar-refractivity contribution in [1.82, 2.24) is 0 Å². The van der Waals surface area contributed by atoms with Gasteiger partial charge in [-0.05, 0) is 36.3 Å². The number of benzene rings is 1. The topological polar surface area (TPSA) is 26.3 Å². The van der Waals surface area contributed by atoms with Crippen LogP contribution in [0.5, 0.6) is 0 Å². The van der Waals surface area contributed by atoms with Crippen LogP contribution >= 0.6 is 11.6 Å². The highest BCUT2D eigenvalue weighted by Gasteiger charge is 2.20. The second-order valence-corrected chi connectivity index (χ2v) is 4.69. The molecule has 0 saturated carbocycles. The van der Waals surface area contributed by atoms with Crippen LogP contribution in [0.15, 0.2) is 47.7 Å². The van der Waals surface area contributed by atoms with E-state index in [2.05, 4.69) is 6.92 Å². The molecular formula is C15H15ClO2. The molecule has 0 amide bonds. The maximum atomic E-state index is 11.7. The highest BCUT2D eigenvalue weighted by atomic mass is 35.5. The molecule has 1 aromatic rings. The van der Waals surface area contributed by atoms with E-state index in [0.717, 1.165) is 18.4 Å². The number of carbonyl (C=O) groups excluding carboxylic acids is 1. The van der Waals surface area contributed by atoms with E-state index in [1.54, 1.807) is 0 Å². The van der Waals surface area contributed by atoms with Crippen LogP contribution in [-0.4, -0.2) is 5.97 Å². The molecule has 0 saturated heterocycles. The molecule has 1 heterocycles. The third-order valence-electron chi connectivity index (χ3n) is 2.73. The van der Waals surface area contributed by atoms with E-state index in [9.17, 15) is 4.79 Å². The van der Waals surface area contributed by atoms with E-state index in [1.165, 1.54) is 0 Å². The van der Waals surface area contributed by atoms with Crippen LogP contribution in [0.25, 0.3) is 0 Å². The lowest BCUT2D eigenvalue weighted by Gasteiger charge is -2.00. The van der Waals surface area contributed by atoms with Gasteiger partial charge in [0.15, 0.2) is 0 Å². The maximum Gasteiger partial charge on any atom is 0.339 e. The van der Waals surface area contributed by atoms with Gasteiger partial charge < -0.3 is 4.74 Å². The summed E-state index contributed by atoms with van der Waals surface area (Å²) in [5.41, 5.74) is 1.75. The first kappa shape index (κ1) is 12.9. The van der Waals surface area contributed by atoms with Crippen molar-refractivity contribution in [3.63, 3.8) is 0 Å². The van der Waals surface area contributed by atoms with Gasteiger partial charge in [-0.25, -0.2) is 4.79 Å². The predicted octanol–water partition coefficient (Wildman–Crippen LogP) is 4.05. The van der Waals surface area contributed by atoms with Gasteiger partial charge in [0, 0.05) is 17.0 Å². The lowest BCUT2D eigenvalue weighted by Crippen LogP contribution is -2.01. The fourth-order valence-corrected chi connectivity index (χ4v) is 1.89. The summed E-state index contributed by atoms with van der Waals surface area (Å²) < 4.78 is 5.18. The van der Waals surface area contributed by atoms with Crippen molar-refractivity contribution < 1.29 is 9.53 Å². The van der Waals surface area contributed by atoms with Crippen LogP contribution in [0.3, 0.4) is 0 Å². The number of cyclic esters (lactones) is 1. The van der Waals surface area contributed by atoms with Crippen molar-refractivity contribution in [3.8, 4) is 0 Å². The summed E-state index contributed by atoms with van der Waals surface area (Å²) in [4.78, 5) is 11.7. The smallest absolute Gasteiger partial charge is 0.339 e. The summed E-state index contributed by atoms with van der Waals surface area (Å²) >= 11 is 5.82. The van der Waals surface area contributed by atoms with Crippen LogP contribution in [0.4, 0.5) is 0 Å². The molecule has 3 heteroatoms. The zero-order valence-electron chi connectivity index (χ0n) is 10.3. The zero-order valence-corrected chi connectivity index (χ0v) is 11.0. The Labute approximate surface area is 112 Å². The molecule has 0 unspecified atom stereocenters. The third kappa shape index (κ3) is 3.23. The first-order valence-corrected chi connectivity index (χ1v) is 6.44. The van der Waals surface area contributed by atoms with Gasteiger partial charge in [0.05, 0.1) is 0 Å². The summed E-state index contributed by atoms with van der Waals surface area (Å²) in [5, 5.41) is 0.699. The van der Waals surface area contributed by atoms with Gasteiger partial charge in [0.1, 0.15) is 5.76 Å². The number of hydrogen-bond acceptors (Lipinski definition) is 2. The Morgan fingerprint density at radius 3 is 2.67 bits per heavy atom. The van der Waals surface area contributed by atoms with Gasteiger partial charge >= 0.3 is 5.97 Å². The maximum absolute atomic E-state index is 11.7. The van der Waals surface area contributed by atoms with Gasteiger partial charge in [-0.1, -0.05) is 37.1 Å². The number of esters is 1. The molecule has 0 radical (unpaired) electrons. The highest BCUT2D eigenvalue weighted by Crippen LogP contribution is 2.22. The summed E-state index contributed by atoms with van der Waals surface area (Å²) in [5.74, 6) is 0.429. The summed E-state index contributed by atoms with van der Waals surface area (Å²) in [6, 6.07) is 7.49. The number of ether oxygens (including phenoxy) is 1. The molecule has 0 aliphatic carbocycles. The molecule has 94 valence electrons. The molecule has 2 nitrogen and oxygen atoms in total. The number of rotatable bonds is 4. The molecule has 1 aliphatic rings. The Kier molecular flexibility index (Phi) is 4.21. The molecule has 0 spiro atoms. The largest absolute Gasteiger partial charge is 0.423 e. The van der Waals surface area contributed by atoms with Gasteiger partial charge in [0.25, 0.3) is 0 Å². The fraction of sp³-hybridized carbons (Fsp3) is 0.267. The van der Waals surface area contributed by atoms with E-state index >= 15 is 0 Å². The lowest BCUT2D eigenvalue weighted by atomic mass is 10.1. The van der Waals surface area contributed by atoms with E-state index < -0.39 is 0 Å². The standard InChI is InChI=1S/C15H15ClO2/c1-2-3-4-14-10-12(15(17)18-14)9-11-5-7-13(16)8-6-11/h4-8,10H,2-3,9H2,1H3/b14-4+. The lowest BCUT2D eigenvalue weighted by molar-refractivity contribution is -0.133. The first-order valence-electron chi connectivity index (χ1n) is 6.06. The second-order valence-electron chi connectivity index (χ2n) is 4.26. The van der Waals surface area contributed by atoms with E-state index in [4.69, 9.17) is 16.3 Å². The summed E-state index contributed by atoms with van der Waals surface area (Å²) in [6.45, 7) is 2.09. The summed E-state index contributed by atoms with van der Waals surface area (Å²) in [6.07, 6.45) is 6.33. The fourth-order valence-electron chi connectivity index (χ4n) is 1.77. The Bertz CT molecular complexity index is 498. The van der Waals surface area contributed by atoms with Crippen molar-refractivity contribution in [3.05, 3.63) is 58.3 Å². The van der Waals surface area contributed by atoms with Gasteiger partial charge in [-0.3, -0.25) is 0 Å². The molecule has 0 fully saturated rings. The van der Waals surface area contributed by atoms with Crippen molar-refractivity contribution in [2.75, 3.05) is 0 Å². The Hall–Kier alpha value is -1.54. The van der Waals surface area contributed by atoms with Crippen molar-refractivity contribution in [2.24, 2.45) is 0 Å². The Morgan fingerprint density at radius 1 is 1.28 bits per heavy atom. The van der Waals surface area contributed by atoms with E-state index in [1.807, 2.05) is 36.4 Å². The molecule has 0 aromatic heterocycles. The highest BCUT2D eigenvalue weighted by molar-refractivity contribution is 6.30. The monoisotopic (exact) mass is 262 g/mol. The van der Waals surface area contributed by atoms with Gasteiger partial charge in [-0.2, -0.15) is 0 Å². The molecule has 0 bridgehead atoms. The number of hydrogen-bond donors (Lipinski definition) is 0. The molecule has 0 atom stereocenters. The van der Waals surface area contributed by atoms with Crippen LogP contribution in [0, 0.1) is 0 Å². The molecule has 0 N–H and O–H groups in total. The van der Waals surface area contributed by atoms with Gasteiger partial charge in [0.2, 0.25) is 0 Å². The molecule has 18 heavy (non-hydrogen) atoms. The Morgan fingerprint density at radius 2 is 2.00 bits per heavy atom. The van der Waals surface area contributed by atoms with E-state index in [-0.39, 0.29) is 5.97 Å². The first-order chi connectivity index (χ1) is 8.69.